The van der Waals surface area contributed by atoms with Crippen molar-refractivity contribution in [2.24, 2.45) is 0 Å². The van der Waals surface area contributed by atoms with Gasteiger partial charge in [0, 0.05) is 5.02 Å². The fourth-order valence-corrected chi connectivity index (χ4v) is 2.30. The number of amides is 1. The Morgan fingerprint density at radius 3 is 2.65 bits per heavy atom. The normalized spacial score (nSPS) is 10.0. The molecule has 0 fully saturated rings. The maximum absolute atomic E-state index is 12.3. The van der Waals surface area contributed by atoms with Crippen LogP contribution in [-0.4, -0.2) is 19.0 Å². The van der Waals surface area contributed by atoms with E-state index < -0.39 is 11.9 Å². The lowest BCUT2D eigenvalue weighted by molar-refractivity contribution is 0.0598. The highest BCUT2D eigenvalue weighted by Gasteiger charge is 2.26. The molecule has 0 radical (unpaired) electrons. The summed E-state index contributed by atoms with van der Waals surface area (Å²) in [6.45, 7) is 1.48. The standard InChI is InChI=1S/C15H10Cl2N2O4/c1-7-12(15(21)22-2)10(6-18)14(23-7)19-13(20)9-5-8(16)3-4-11(9)17/h3-5H,1-2H3,(H,19,20). The second kappa shape index (κ2) is 6.73. The number of aryl methyl sites for hydroxylation is 1. The molecule has 23 heavy (non-hydrogen) atoms. The molecule has 2 rings (SSSR count). The second-order valence-electron chi connectivity index (χ2n) is 4.42. The molecule has 0 aliphatic heterocycles. The molecule has 0 atom stereocenters. The Morgan fingerprint density at radius 1 is 1.35 bits per heavy atom. The van der Waals surface area contributed by atoms with Crippen molar-refractivity contribution < 1.29 is 18.7 Å². The number of nitrogens with one attached hydrogen (secondary N) is 1. The summed E-state index contributed by atoms with van der Waals surface area (Å²) in [7, 11) is 1.18. The molecule has 0 spiro atoms. The van der Waals surface area contributed by atoms with Crippen LogP contribution in [0.1, 0.15) is 32.0 Å². The zero-order chi connectivity index (χ0) is 17.1. The van der Waals surface area contributed by atoms with Crippen molar-refractivity contribution in [3.63, 3.8) is 0 Å². The third kappa shape index (κ3) is 3.31. The Labute approximate surface area is 141 Å². The van der Waals surface area contributed by atoms with Gasteiger partial charge in [-0.15, -0.1) is 0 Å². The molecule has 1 amide bonds. The summed E-state index contributed by atoms with van der Waals surface area (Å²) in [6, 6.07) is 6.20. The molecule has 0 aliphatic carbocycles. The van der Waals surface area contributed by atoms with Crippen LogP contribution < -0.4 is 5.32 Å². The number of carbonyl (C=O) groups is 2. The summed E-state index contributed by atoms with van der Waals surface area (Å²) in [5, 5.41) is 12.1. The topological polar surface area (TPSA) is 92.3 Å². The number of furan rings is 1. The first-order valence-corrected chi connectivity index (χ1v) is 7.02. The number of methoxy groups -OCH3 is 1. The number of ether oxygens (including phenoxy) is 1. The van der Waals surface area contributed by atoms with Crippen molar-refractivity contribution in [2.45, 2.75) is 6.92 Å². The van der Waals surface area contributed by atoms with Crippen LogP contribution in [0, 0.1) is 18.3 Å². The Kier molecular flexibility index (Phi) is 4.94. The molecule has 0 saturated carbocycles. The fraction of sp³-hybridized carbons (Fsp3) is 0.133. The van der Waals surface area contributed by atoms with Crippen LogP contribution in [0.25, 0.3) is 0 Å². The summed E-state index contributed by atoms with van der Waals surface area (Å²) >= 11 is 11.8. The van der Waals surface area contributed by atoms with Gasteiger partial charge >= 0.3 is 5.97 Å². The fourth-order valence-electron chi connectivity index (χ4n) is 1.93. The van der Waals surface area contributed by atoms with Crippen LogP contribution in [0.5, 0.6) is 0 Å². The highest BCUT2D eigenvalue weighted by Crippen LogP contribution is 2.28. The van der Waals surface area contributed by atoms with Crippen molar-refractivity contribution in [3.05, 3.63) is 50.7 Å². The molecule has 1 heterocycles. The van der Waals surface area contributed by atoms with Gasteiger partial charge in [-0.3, -0.25) is 10.1 Å². The molecule has 0 saturated heterocycles. The number of rotatable bonds is 3. The van der Waals surface area contributed by atoms with Gasteiger partial charge in [0.2, 0.25) is 5.88 Å². The SMILES string of the molecule is COC(=O)c1c(C)oc(NC(=O)c2cc(Cl)ccc2Cl)c1C#N. The molecule has 0 aliphatic rings. The molecule has 118 valence electrons. The average Bonchev–Trinajstić information content (AvgIpc) is 2.83. The number of nitriles is 1. The minimum Gasteiger partial charge on any atom is -0.465 e. The van der Waals surface area contributed by atoms with Gasteiger partial charge < -0.3 is 9.15 Å². The van der Waals surface area contributed by atoms with E-state index in [2.05, 4.69) is 10.1 Å². The summed E-state index contributed by atoms with van der Waals surface area (Å²) in [6.07, 6.45) is 0. The van der Waals surface area contributed by atoms with E-state index >= 15 is 0 Å². The van der Waals surface area contributed by atoms with Gasteiger partial charge in [0.05, 0.1) is 17.7 Å². The largest absolute Gasteiger partial charge is 0.465 e. The van der Waals surface area contributed by atoms with Crippen LogP contribution in [0.3, 0.4) is 0 Å². The maximum atomic E-state index is 12.3. The van der Waals surface area contributed by atoms with Crippen molar-refractivity contribution in [1.82, 2.24) is 0 Å². The Hall–Kier alpha value is -2.49. The quantitative estimate of drug-likeness (QED) is 0.847. The molecule has 0 unspecified atom stereocenters. The van der Waals surface area contributed by atoms with Crippen LogP contribution in [0.2, 0.25) is 10.0 Å². The number of nitrogens with zero attached hydrogens (tertiary/aromatic N) is 1. The maximum Gasteiger partial charge on any atom is 0.342 e. The average molecular weight is 353 g/mol. The number of carbonyl (C=O) groups excluding carboxylic acids is 2. The van der Waals surface area contributed by atoms with E-state index in [1.165, 1.54) is 32.2 Å². The smallest absolute Gasteiger partial charge is 0.342 e. The number of anilines is 1. The van der Waals surface area contributed by atoms with E-state index in [1.807, 2.05) is 6.07 Å². The lowest BCUT2D eigenvalue weighted by Gasteiger charge is -2.05. The van der Waals surface area contributed by atoms with Gasteiger partial charge in [-0.25, -0.2) is 4.79 Å². The number of halogens is 2. The number of hydrogen-bond acceptors (Lipinski definition) is 5. The molecule has 1 N–H and O–H groups in total. The van der Waals surface area contributed by atoms with E-state index in [9.17, 15) is 14.9 Å². The van der Waals surface area contributed by atoms with Crippen LogP contribution in [0.15, 0.2) is 22.6 Å². The predicted octanol–water partition coefficient (Wildman–Crippen LogP) is 3.81. The van der Waals surface area contributed by atoms with Gasteiger partial charge in [0.15, 0.2) is 0 Å². The summed E-state index contributed by atoms with van der Waals surface area (Å²) < 4.78 is 9.89. The van der Waals surface area contributed by atoms with Crippen LogP contribution >= 0.6 is 23.2 Å². The first-order chi connectivity index (χ1) is 10.9. The van der Waals surface area contributed by atoms with Crippen LogP contribution in [-0.2, 0) is 4.74 Å². The molecule has 1 aromatic heterocycles. The molecule has 1 aromatic carbocycles. The minimum atomic E-state index is -0.732. The summed E-state index contributed by atoms with van der Waals surface area (Å²) in [4.78, 5) is 24.0. The van der Waals surface area contributed by atoms with Crippen molar-refractivity contribution in [2.75, 3.05) is 12.4 Å². The molecular weight excluding hydrogens is 343 g/mol. The Bertz CT molecular complexity index is 837. The number of esters is 1. The summed E-state index contributed by atoms with van der Waals surface area (Å²) in [5.74, 6) is -1.37. The highest BCUT2D eigenvalue weighted by atomic mass is 35.5. The third-order valence-electron chi connectivity index (χ3n) is 2.99. The first-order valence-electron chi connectivity index (χ1n) is 6.27. The predicted molar refractivity (Wildman–Crippen MR) is 83.9 cm³/mol. The zero-order valence-corrected chi connectivity index (χ0v) is 13.6. The lowest BCUT2D eigenvalue weighted by Crippen LogP contribution is -2.13. The second-order valence-corrected chi connectivity index (χ2v) is 5.26. The van der Waals surface area contributed by atoms with Gasteiger partial charge in [0.1, 0.15) is 23.0 Å². The highest BCUT2D eigenvalue weighted by molar-refractivity contribution is 6.36. The van der Waals surface area contributed by atoms with Gasteiger partial charge in [-0.2, -0.15) is 5.26 Å². The van der Waals surface area contributed by atoms with E-state index in [4.69, 9.17) is 27.6 Å². The molecule has 0 bridgehead atoms. The number of hydrogen-bond donors (Lipinski definition) is 1. The van der Waals surface area contributed by atoms with Gasteiger partial charge in [-0.1, -0.05) is 23.2 Å². The number of benzene rings is 1. The summed E-state index contributed by atoms with van der Waals surface area (Å²) in [5.41, 5.74) is -0.0555. The van der Waals surface area contributed by atoms with E-state index in [1.54, 1.807) is 0 Å². The monoisotopic (exact) mass is 352 g/mol. The van der Waals surface area contributed by atoms with Crippen molar-refractivity contribution in [1.29, 1.82) is 5.26 Å². The van der Waals surface area contributed by atoms with E-state index in [0.717, 1.165) is 0 Å². The first kappa shape index (κ1) is 16.9. The lowest BCUT2D eigenvalue weighted by atomic mass is 10.1. The Balaban J connectivity index is 2.41. The molecule has 2 aromatic rings. The van der Waals surface area contributed by atoms with E-state index in [0.29, 0.717) is 5.02 Å². The molecular formula is C15H10Cl2N2O4. The van der Waals surface area contributed by atoms with Crippen molar-refractivity contribution >= 4 is 41.0 Å². The zero-order valence-electron chi connectivity index (χ0n) is 12.1. The van der Waals surface area contributed by atoms with Crippen LogP contribution in [0.4, 0.5) is 5.88 Å². The van der Waals surface area contributed by atoms with Gasteiger partial charge in [-0.05, 0) is 25.1 Å². The van der Waals surface area contributed by atoms with Gasteiger partial charge in [0.25, 0.3) is 5.91 Å². The Morgan fingerprint density at radius 2 is 2.04 bits per heavy atom. The molecule has 6 nitrogen and oxygen atoms in total. The van der Waals surface area contributed by atoms with E-state index in [-0.39, 0.29) is 33.4 Å². The minimum absolute atomic E-state index is 0.0394. The molecule has 8 heteroatoms. The van der Waals surface area contributed by atoms with Crippen molar-refractivity contribution in [3.8, 4) is 6.07 Å². The third-order valence-corrected chi connectivity index (χ3v) is 3.55.